The monoisotopic (exact) mass is 367 g/mol. The SMILES string of the molecule is ON1CCCC[C@@H]1/C=C\[C@H](F)n1cnc2cc(CBr)ccc21. The molecule has 2 heterocycles. The van der Waals surface area contributed by atoms with Gasteiger partial charge in [0.05, 0.1) is 23.4 Å². The largest absolute Gasteiger partial charge is 0.313 e. The highest BCUT2D eigenvalue weighted by molar-refractivity contribution is 9.08. The van der Waals surface area contributed by atoms with Gasteiger partial charge in [-0.1, -0.05) is 34.5 Å². The van der Waals surface area contributed by atoms with Crippen LogP contribution in [0.25, 0.3) is 11.0 Å². The summed E-state index contributed by atoms with van der Waals surface area (Å²) >= 11 is 3.41. The summed E-state index contributed by atoms with van der Waals surface area (Å²) in [5.74, 6) is 0. The molecule has 0 unspecified atom stereocenters. The van der Waals surface area contributed by atoms with Crippen LogP contribution in [0.4, 0.5) is 4.39 Å². The molecule has 118 valence electrons. The van der Waals surface area contributed by atoms with Crippen molar-refractivity contribution in [2.24, 2.45) is 0 Å². The van der Waals surface area contributed by atoms with Gasteiger partial charge < -0.3 is 5.21 Å². The van der Waals surface area contributed by atoms with E-state index in [4.69, 9.17) is 0 Å². The van der Waals surface area contributed by atoms with Crippen LogP contribution in [-0.2, 0) is 5.33 Å². The molecular formula is C16H19BrFN3O. The van der Waals surface area contributed by atoms with Crippen molar-refractivity contribution in [1.29, 1.82) is 0 Å². The van der Waals surface area contributed by atoms with Gasteiger partial charge in [-0.2, -0.15) is 5.06 Å². The molecule has 1 aromatic carbocycles. The highest BCUT2D eigenvalue weighted by Gasteiger charge is 2.18. The van der Waals surface area contributed by atoms with Gasteiger partial charge in [0, 0.05) is 11.9 Å². The normalized spacial score (nSPS) is 21.7. The molecule has 6 heteroatoms. The molecule has 1 saturated heterocycles. The Bertz CT molecular complexity index is 672. The van der Waals surface area contributed by atoms with E-state index >= 15 is 0 Å². The van der Waals surface area contributed by atoms with Crippen LogP contribution in [0.1, 0.15) is 31.1 Å². The van der Waals surface area contributed by atoms with E-state index < -0.39 is 6.30 Å². The number of hydroxylamine groups is 2. The molecule has 1 aromatic heterocycles. The highest BCUT2D eigenvalue weighted by atomic mass is 79.9. The number of nitrogens with zero attached hydrogens (tertiary/aromatic N) is 3. The molecule has 0 spiro atoms. The molecule has 2 aromatic rings. The fourth-order valence-corrected chi connectivity index (χ4v) is 3.16. The van der Waals surface area contributed by atoms with Crippen LogP contribution in [0.3, 0.4) is 0 Å². The first-order valence-electron chi connectivity index (χ1n) is 7.48. The summed E-state index contributed by atoms with van der Waals surface area (Å²) in [6.07, 6.45) is 6.40. The Hall–Kier alpha value is -1.24. The average Bonchev–Trinajstić information content (AvgIpc) is 2.96. The number of rotatable bonds is 4. The summed E-state index contributed by atoms with van der Waals surface area (Å²) in [4.78, 5) is 4.27. The van der Waals surface area contributed by atoms with Crippen LogP contribution in [0.15, 0.2) is 36.7 Å². The molecule has 1 aliphatic rings. The van der Waals surface area contributed by atoms with Gasteiger partial charge in [0.1, 0.15) is 0 Å². The van der Waals surface area contributed by atoms with E-state index in [1.807, 2.05) is 18.2 Å². The van der Waals surface area contributed by atoms with Crippen molar-refractivity contribution < 1.29 is 9.60 Å². The summed E-state index contributed by atoms with van der Waals surface area (Å²) in [6.45, 7) is 0.648. The second kappa shape index (κ2) is 6.89. The maximum atomic E-state index is 14.5. The van der Waals surface area contributed by atoms with Gasteiger partial charge in [0.25, 0.3) is 0 Å². The van der Waals surface area contributed by atoms with E-state index in [1.165, 1.54) is 22.0 Å². The fraction of sp³-hybridized carbons (Fsp3) is 0.438. The third-order valence-corrected chi connectivity index (χ3v) is 4.72. The van der Waals surface area contributed by atoms with E-state index in [0.29, 0.717) is 6.54 Å². The second-order valence-electron chi connectivity index (χ2n) is 5.59. The molecule has 0 amide bonds. The number of allylic oxidation sites excluding steroid dienone is 1. The molecule has 0 bridgehead atoms. The Balaban J connectivity index is 1.78. The van der Waals surface area contributed by atoms with E-state index in [2.05, 4.69) is 20.9 Å². The molecule has 0 saturated carbocycles. The third kappa shape index (κ3) is 3.24. The van der Waals surface area contributed by atoms with Crippen molar-refractivity contribution in [2.45, 2.75) is 36.9 Å². The zero-order chi connectivity index (χ0) is 15.5. The minimum atomic E-state index is -1.28. The summed E-state index contributed by atoms with van der Waals surface area (Å²) < 4.78 is 16.0. The lowest BCUT2D eigenvalue weighted by Crippen LogP contribution is -2.35. The average molecular weight is 368 g/mol. The van der Waals surface area contributed by atoms with E-state index in [1.54, 1.807) is 6.08 Å². The molecule has 1 N–H and O–H groups in total. The van der Waals surface area contributed by atoms with Crippen LogP contribution < -0.4 is 0 Å². The van der Waals surface area contributed by atoms with Crippen molar-refractivity contribution in [1.82, 2.24) is 14.6 Å². The fourth-order valence-electron chi connectivity index (χ4n) is 2.81. The summed E-state index contributed by atoms with van der Waals surface area (Å²) in [7, 11) is 0. The number of piperidine rings is 1. The quantitative estimate of drug-likeness (QED) is 0.650. The summed E-state index contributed by atoms with van der Waals surface area (Å²) in [6, 6.07) is 5.70. The van der Waals surface area contributed by atoms with Crippen LogP contribution in [-0.4, -0.2) is 32.4 Å². The number of hydrogen-bond donors (Lipinski definition) is 1. The van der Waals surface area contributed by atoms with Gasteiger partial charge in [-0.05, 0) is 36.6 Å². The van der Waals surface area contributed by atoms with Gasteiger partial charge in [-0.15, -0.1) is 0 Å². The topological polar surface area (TPSA) is 41.3 Å². The van der Waals surface area contributed by atoms with Crippen molar-refractivity contribution in [3.8, 4) is 0 Å². The van der Waals surface area contributed by atoms with Gasteiger partial charge in [0.2, 0.25) is 0 Å². The lowest BCUT2D eigenvalue weighted by molar-refractivity contribution is -0.127. The van der Waals surface area contributed by atoms with Crippen molar-refractivity contribution in [3.05, 3.63) is 42.2 Å². The van der Waals surface area contributed by atoms with Crippen LogP contribution in [0.2, 0.25) is 0 Å². The Kier molecular flexibility index (Phi) is 4.90. The predicted octanol–water partition coefficient (Wildman–Crippen LogP) is 4.20. The minimum absolute atomic E-state index is 0.0956. The van der Waals surface area contributed by atoms with Crippen LogP contribution in [0, 0.1) is 0 Å². The lowest BCUT2D eigenvalue weighted by Gasteiger charge is -2.28. The van der Waals surface area contributed by atoms with E-state index in [-0.39, 0.29) is 6.04 Å². The first-order valence-corrected chi connectivity index (χ1v) is 8.60. The maximum Gasteiger partial charge on any atom is 0.196 e. The van der Waals surface area contributed by atoms with Crippen LogP contribution >= 0.6 is 15.9 Å². The molecule has 3 rings (SSSR count). The number of hydrogen-bond acceptors (Lipinski definition) is 3. The third-order valence-electron chi connectivity index (χ3n) is 4.07. The van der Waals surface area contributed by atoms with Gasteiger partial charge in [0.15, 0.2) is 6.30 Å². The lowest BCUT2D eigenvalue weighted by atomic mass is 10.0. The Morgan fingerprint density at radius 3 is 3.09 bits per heavy atom. The van der Waals surface area contributed by atoms with Gasteiger partial charge >= 0.3 is 0 Å². The zero-order valence-corrected chi connectivity index (χ0v) is 13.8. The van der Waals surface area contributed by atoms with Crippen molar-refractivity contribution in [2.75, 3.05) is 6.54 Å². The minimum Gasteiger partial charge on any atom is -0.313 e. The standard InChI is InChI=1S/C16H19BrFN3O/c17-10-12-4-6-15-14(9-12)19-11-20(15)16(18)7-5-13-3-1-2-8-21(13)22/h4-7,9,11,13,16,22H,1-3,8,10H2/b7-5-/t13-,16-/m1/s1. The highest BCUT2D eigenvalue weighted by Crippen LogP contribution is 2.23. The molecule has 4 nitrogen and oxygen atoms in total. The molecule has 0 aliphatic carbocycles. The summed E-state index contributed by atoms with van der Waals surface area (Å²) in [5.41, 5.74) is 2.67. The Labute approximate surface area is 137 Å². The van der Waals surface area contributed by atoms with Crippen molar-refractivity contribution in [3.63, 3.8) is 0 Å². The summed E-state index contributed by atoms with van der Waals surface area (Å²) in [5, 5.41) is 11.8. The second-order valence-corrected chi connectivity index (χ2v) is 6.15. The molecule has 1 fully saturated rings. The molecular weight excluding hydrogens is 349 g/mol. The van der Waals surface area contributed by atoms with Gasteiger partial charge in [-0.25, -0.2) is 9.37 Å². The molecule has 2 atom stereocenters. The number of fused-ring (bicyclic) bond motifs is 1. The zero-order valence-electron chi connectivity index (χ0n) is 12.2. The number of imidazole rings is 1. The van der Waals surface area contributed by atoms with Crippen molar-refractivity contribution >= 4 is 27.0 Å². The smallest absolute Gasteiger partial charge is 0.196 e. The molecule has 0 radical (unpaired) electrons. The number of halogens is 2. The van der Waals surface area contributed by atoms with E-state index in [9.17, 15) is 9.60 Å². The number of benzene rings is 1. The Morgan fingerprint density at radius 1 is 1.45 bits per heavy atom. The van der Waals surface area contributed by atoms with E-state index in [0.717, 1.165) is 41.2 Å². The first kappa shape index (κ1) is 15.6. The molecule has 1 aliphatic heterocycles. The van der Waals surface area contributed by atoms with Crippen LogP contribution in [0.5, 0.6) is 0 Å². The maximum absolute atomic E-state index is 14.5. The van der Waals surface area contributed by atoms with Gasteiger partial charge in [-0.3, -0.25) is 4.57 Å². The Morgan fingerprint density at radius 2 is 2.32 bits per heavy atom. The number of alkyl halides is 2. The molecule has 22 heavy (non-hydrogen) atoms. The number of aromatic nitrogens is 2. The predicted molar refractivity (Wildman–Crippen MR) is 87.8 cm³/mol. The first-order chi connectivity index (χ1) is 10.7.